The molecule has 0 aliphatic carbocycles. The smallest absolute Gasteiger partial charge is 0.306 e. The normalized spacial score (nSPS) is 19.9. The third-order valence-corrected chi connectivity index (χ3v) is 3.68. The highest BCUT2D eigenvalue weighted by atomic mass is 35.5. The van der Waals surface area contributed by atoms with Crippen molar-refractivity contribution in [2.24, 2.45) is 0 Å². The molecule has 0 saturated carbocycles. The van der Waals surface area contributed by atoms with Crippen LogP contribution < -0.4 is 5.32 Å². The van der Waals surface area contributed by atoms with Gasteiger partial charge in [0.25, 0.3) is 0 Å². The van der Waals surface area contributed by atoms with Crippen LogP contribution in [-0.4, -0.2) is 25.0 Å². The van der Waals surface area contributed by atoms with Gasteiger partial charge in [-0.2, -0.15) is 0 Å². The fourth-order valence-electron chi connectivity index (χ4n) is 2.40. The number of hydrogen-bond donors (Lipinski definition) is 1. The van der Waals surface area contributed by atoms with Gasteiger partial charge in [-0.25, -0.2) is 0 Å². The molecule has 1 heterocycles. The predicted octanol–water partition coefficient (Wildman–Crippen LogP) is 2.27. The number of esters is 1. The number of methoxy groups -OCH3 is 1. The van der Waals surface area contributed by atoms with E-state index in [0.717, 1.165) is 12.0 Å². The van der Waals surface area contributed by atoms with E-state index in [2.05, 4.69) is 5.32 Å². The van der Waals surface area contributed by atoms with Crippen LogP contribution in [0.25, 0.3) is 0 Å². The van der Waals surface area contributed by atoms with Crippen LogP contribution >= 0.6 is 11.6 Å². The molecule has 1 aliphatic heterocycles. The fourth-order valence-corrected chi connectivity index (χ4v) is 2.53. The molecule has 1 aliphatic rings. The summed E-state index contributed by atoms with van der Waals surface area (Å²) in [7, 11) is 1.37. The lowest BCUT2D eigenvalue weighted by molar-refractivity contribution is -0.141. The van der Waals surface area contributed by atoms with E-state index >= 15 is 0 Å². The SMILES string of the molecule is COC(=O)CC(c1ccc(Cl)cc1)C1CCC(=O)N1. The molecule has 1 aromatic rings. The summed E-state index contributed by atoms with van der Waals surface area (Å²) in [6.45, 7) is 0. The molecule has 0 radical (unpaired) electrons. The van der Waals surface area contributed by atoms with Gasteiger partial charge in [0.05, 0.1) is 13.5 Å². The van der Waals surface area contributed by atoms with Crippen LogP contribution in [-0.2, 0) is 14.3 Å². The summed E-state index contributed by atoms with van der Waals surface area (Å²) < 4.78 is 4.73. The molecule has 5 heteroatoms. The minimum atomic E-state index is -0.277. The van der Waals surface area contributed by atoms with Gasteiger partial charge in [-0.3, -0.25) is 9.59 Å². The summed E-state index contributed by atoms with van der Waals surface area (Å²) in [5, 5.41) is 3.57. The minimum absolute atomic E-state index is 0.0206. The van der Waals surface area contributed by atoms with Gasteiger partial charge >= 0.3 is 5.97 Å². The molecular weight excluding hydrogens is 266 g/mol. The van der Waals surface area contributed by atoms with E-state index in [1.165, 1.54) is 7.11 Å². The average Bonchev–Trinajstić information content (AvgIpc) is 2.83. The molecule has 1 aromatic carbocycles. The van der Waals surface area contributed by atoms with Crippen LogP contribution in [0, 0.1) is 0 Å². The van der Waals surface area contributed by atoms with Crippen molar-refractivity contribution in [2.75, 3.05) is 7.11 Å². The summed E-state index contributed by atoms with van der Waals surface area (Å²) in [6.07, 6.45) is 1.50. The third kappa shape index (κ3) is 3.47. The summed E-state index contributed by atoms with van der Waals surface area (Å²) in [5.41, 5.74) is 0.988. The van der Waals surface area contributed by atoms with Crippen molar-refractivity contribution in [3.8, 4) is 0 Å². The van der Waals surface area contributed by atoms with E-state index in [4.69, 9.17) is 16.3 Å². The second-order valence-electron chi connectivity index (χ2n) is 4.65. The lowest BCUT2D eigenvalue weighted by atomic mass is 9.88. The highest BCUT2D eigenvalue weighted by Gasteiger charge is 2.31. The number of carbonyl (C=O) groups excluding carboxylic acids is 2. The standard InChI is InChI=1S/C14H16ClNO3/c1-19-14(18)8-11(12-6-7-13(17)16-12)9-2-4-10(15)5-3-9/h2-5,11-12H,6-8H2,1H3,(H,16,17). The molecule has 0 aromatic heterocycles. The Balaban J connectivity index is 2.20. The predicted molar refractivity (Wildman–Crippen MR) is 72.0 cm³/mol. The quantitative estimate of drug-likeness (QED) is 0.862. The van der Waals surface area contributed by atoms with Crippen molar-refractivity contribution in [1.29, 1.82) is 0 Å². The van der Waals surface area contributed by atoms with Crippen molar-refractivity contribution in [3.05, 3.63) is 34.9 Å². The Labute approximate surface area is 117 Å². The molecule has 102 valence electrons. The van der Waals surface area contributed by atoms with Gasteiger partial charge in [-0.05, 0) is 24.1 Å². The van der Waals surface area contributed by atoms with E-state index < -0.39 is 0 Å². The highest BCUT2D eigenvalue weighted by molar-refractivity contribution is 6.30. The first-order chi connectivity index (χ1) is 9.10. The van der Waals surface area contributed by atoms with Gasteiger partial charge in [0.15, 0.2) is 0 Å². The van der Waals surface area contributed by atoms with E-state index in [-0.39, 0.29) is 30.3 Å². The molecule has 2 unspecified atom stereocenters. The molecule has 19 heavy (non-hydrogen) atoms. The summed E-state index contributed by atoms with van der Waals surface area (Å²) in [6, 6.07) is 7.34. The summed E-state index contributed by atoms with van der Waals surface area (Å²) >= 11 is 5.87. The number of amides is 1. The van der Waals surface area contributed by atoms with Crippen molar-refractivity contribution in [1.82, 2.24) is 5.32 Å². The van der Waals surface area contributed by atoms with Gasteiger partial charge < -0.3 is 10.1 Å². The Bertz CT molecular complexity index is 472. The zero-order chi connectivity index (χ0) is 13.8. The molecule has 1 N–H and O–H groups in total. The second-order valence-corrected chi connectivity index (χ2v) is 5.09. The molecule has 1 amide bonds. The zero-order valence-electron chi connectivity index (χ0n) is 10.7. The highest BCUT2D eigenvalue weighted by Crippen LogP contribution is 2.30. The topological polar surface area (TPSA) is 55.4 Å². The maximum absolute atomic E-state index is 11.5. The lowest BCUT2D eigenvalue weighted by Gasteiger charge is -2.23. The molecule has 1 saturated heterocycles. The zero-order valence-corrected chi connectivity index (χ0v) is 11.4. The first-order valence-electron chi connectivity index (χ1n) is 6.22. The summed E-state index contributed by atoms with van der Waals surface area (Å²) in [4.78, 5) is 22.9. The molecule has 1 fully saturated rings. The maximum Gasteiger partial charge on any atom is 0.306 e. The van der Waals surface area contributed by atoms with E-state index in [0.29, 0.717) is 11.4 Å². The van der Waals surface area contributed by atoms with Crippen LogP contribution in [0.15, 0.2) is 24.3 Å². The molecule has 0 bridgehead atoms. The number of halogens is 1. The average molecular weight is 282 g/mol. The number of nitrogens with one attached hydrogen (secondary N) is 1. The van der Waals surface area contributed by atoms with Gasteiger partial charge in [0.1, 0.15) is 0 Å². The first-order valence-corrected chi connectivity index (χ1v) is 6.59. The van der Waals surface area contributed by atoms with E-state index in [9.17, 15) is 9.59 Å². The number of hydrogen-bond acceptors (Lipinski definition) is 3. The van der Waals surface area contributed by atoms with Crippen LogP contribution in [0.5, 0.6) is 0 Å². The molecule has 2 atom stereocenters. The van der Waals surface area contributed by atoms with E-state index in [1.807, 2.05) is 12.1 Å². The van der Waals surface area contributed by atoms with Gasteiger partial charge in [-0.1, -0.05) is 23.7 Å². The van der Waals surface area contributed by atoms with E-state index in [1.54, 1.807) is 12.1 Å². The van der Waals surface area contributed by atoms with Gasteiger partial charge in [0.2, 0.25) is 5.91 Å². The Hall–Kier alpha value is -1.55. The van der Waals surface area contributed by atoms with Crippen LogP contribution in [0.4, 0.5) is 0 Å². The molecular formula is C14H16ClNO3. The number of ether oxygens (including phenoxy) is 1. The maximum atomic E-state index is 11.5. The lowest BCUT2D eigenvalue weighted by Crippen LogP contribution is -2.32. The first kappa shape index (κ1) is 13.9. The largest absolute Gasteiger partial charge is 0.469 e. The van der Waals surface area contributed by atoms with Gasteiger partial charge in [0, 0.05) is 23.4 Å². The van der Waals surface area contributed by atoms with Crippen molar-refractivity contribution < 1.29 is 14.3 Å². The Kier molecular flexibility index (Phi) is 4.43. The molecule has 4 nitrogen and oxygen atoms in total. The van der Waals surface area contributed by atoms with Gasteiger partial charge in [-0.15, -0.1) is 0 Å². The second kappa shape index (κ2) is 6.06. The van der Waals surface area contributed by atoms with Crippen molar-refractivity contribution in [2.45, 2.75) is 31.2 Å². The molecule has 2 rings (SSSR count). The minimum Gasteiger partial charge on any atom is -0.469 e. The van der Waals surface area contributed by atoms with Crippen molar-refractivity contribution in [3.63, 3.8) is 0 Å². The fraction of sp³-hybridized carbons (Fsp3) is 0.429. The van der Waals surface area contributed by atoms with Crippen LogP contribution in [0.1, 0.15) is 30.7 Å². The Morgan fingerprint density at radius 1 is 1.47 bits per heavy atom. The number of rotatable bonds is 4. The number of carbonyl (C=O) groups is 2. The van der Waals surface area contributed by atoms with Crippen LogP contribution in [0.3, 0.4) is 0 Å². The number of benzene rings is 1. The van der Waals surface area contributed by atoms with Crippen LogP contribution in [0.2, 0.25) is 5.02 Å². The molecule has 0 spiro atoms. The Morgan fingerprint density at radius 3 is 2.68 bits per heavy atom. The Morgan fingerprint density at radius 2 is 2.16 bits per heavy atom. The summed E-state index contributed by atoms with van der Waals surface area (Å²) in [5.74, 6) is -0.314. The van der Waals surface area contributed by atoms with Crippen molar-refractivity contribution >= 4 is 23.5 Å². The monoisotopic (exact) mass is 281 g/mol. The third-order valence-electron chi connectivity index (χ3n) is 3.43.